The number of nitrogens with zero attached hydrogens (tertiary/aromatic N) is 2. The van der Waals surface area contributed by atoms with Crippen LogP contribution in [0.4, 0.5) is 10.1 Å². The average molecular weight is 307 g/mol. The lowest BCUT2D eigenvalue weighted by molar-refractivity contribution is -0.123. The number of likely N-dealkylation sites (tertiary alicyclic amines) is 1. The van der Waals surface area contributed by atoms with Crippen LogP contribution in [0.2, 0.25) is 0 Å². The molecule has 0 radical (unpaired) electrons. The zero-order valence-corrected chi connectivity index (χ0v) is 12.8. The quantitative estimate of drug-likeness (QED) is 0.893. The van der Waals surface area contributed by atoms with E-state index in [1.54, 1.807) is 17.0 Å². The van der Waals surface area contributed by atoms with Gasteiger partial charge in [-0.1, -0.05) is 0 Å². The first-order valence-corrected chi connectivity index (χ1v) is 7.59. The molecule has 0 bridgehead atoms. The van der Waals surface area contributed by atoms with Gasteiger partial charge in [-0.25, -0.2) is 4.39 Å². The molecule has 0 saturated carbocycles. The maximum atomic E-state index is 13.0. The van der Waals surface area contributed by atoms with Gasteiger partial charge in [0.15, 0.2) is 0 Å². The van der Waals surface area contributed by atoms with Gasteiger partial charge in [-0.2, -0.15) is 0 Å². The van der Waals surface area contributed by atoms with Gasteiger partial charge in [0.2, 0.25) is 11.8 Å². The number of hydrogen-bond donors (Lipinski definition) is 1. The summed E-state index contributed by atoms with van der Waals surface area (Å²) in [7, 11) is 0. The molecule has 5 nitrogen and oxygen atoms in total. The van der Waals surface area contributed by atoms with Crippen molar-refractivity contribution in [1.82, 2.24) is 4.90 Å². The van der Waals surface area contributed by atoms with Crippen LogP contribution in [0.1, 0.15) is 19.8 Å². The molecule has 1 saturated heterocycles. The molecule has 2 N–H and O–H groups in total. The highest BCUT2D eigenvalue weighted by Gasteiger charge is 2.25. The van der Waals surface area contributed by atoms with Crippen molar-refractivity contribution in [2.75, 3.05) is 31.1 Å². The lowest BCUT2D eigenvalue weighted by atomic mass is 9.96. The van der Waals surface area contributed by atoms with Crippen molar-refractivity contribution in [2.24, 2.45) is 11.7 Å². The summed E-state index contributed by atoms with van der Waals surface area (Å²) in [6.07, 6.45) is 1.40. The minimum absolute atomic E-state index is 0.0216. The van der Waals surface area contributed by atoms with Gasteiger partial charge in [0.1, 0.15) is 5.82 Å². The zero-order valence-electron chi connectivity index (χ0n) is 12.8. The smallest absolute Gasteiger partial charge is 0.241 e. The average Bonchev–Trinajstić information content (AvgIpc) is 2.50. The van der Waals surface area contributed by atoms with Crippen LogP contribution in [0.3, 0.4) is 0 Å². The van der Waals surface area contributed by atoms with E-state index < -0.39 is 0 Å². The molecular weight excluding hydrogens is 285 g/mol. The maximum absolute atomic E-state index is 13.0. The Balaban J connectivity index is 1.93. The van der Waals surface area contributed by atoms with Crippen LogP contribution in [0.5, 0.6) is 0 Å². The summed E-state index contributed by atoms with van der Waals surface area (Å²) in [4.78, 5) is 27.3. The van der Waals surface area contributed by atoms with Crippen LogP contribution in [-0.4, -0.2) is 42.9 Å². The fraction of sp³-hybridized carbons (Fsp3) is 0.500. The van der Waals surface area contributed by atoms with Gasteiger partial charge in [0, 0.05) is 18.2 Å². The first-order valence-electron chi connectivity index (χ1n) is 7.59. The van der Waals surface area contributed by atoms with Crippen LogP contribution in [0, 0.1) is 11.7 Å². The number of piperidine rings is 1. The van der Waals surface area contributed by atoms with Gasteiger partial charge in [-0.3, -0.25) is 14.5 Å². The van der Waals surface area contributed by atoms with E-state index in [0.29, 0.717) is 44.7 Å². The number of primary amides is 1. The van der Waals surface area contributed by atoms with E-state index in [1.807, 2.05) is 11.8 Å². The summed E-state index contributed by atoms with van der Waals surface area (Å²) in [6.45, 7) is 4.11. The normalized spacial score (nSPS) is 16.5. The monoisotopic (exact) mass is 307 g/mol. The number of amides is 2. The number of nitrogens with two attached hydrogens (primary N) is 1. The molecule has 2 rings (SSSR count). The highest BCUT2D eigenvalue weighted by atomic mass is 19.1. The topological polar surface area (TPSA) is 66.6 Å². The molecule has 6 heteroatoms. The van der Waals surface area contributed by atoms with Gasteiger partial charge >= 0.3 is 0 Å². The van der Waals surface area contributed by atoms with Crippen molar-refractivity contribution in [3.05, 3.63) is 30.1 Å². The predicted octanol–water partition coefficient (Wildman–Crippen LogP) is 1.38. The third kappa shape index (κ3) is 4.04. The summed E-state index contributed by atoms with van der Waals surface area (Å²) in [6, 6.07) is 5.92. The Morgan fingerprint density at radius 2 is 1.86 bits per heavy atom. The molecule has 0 atom stereocenters. The van der Waals surface area contributed by atoms with E-state index in [1.165, 1.54) is 12.1 Å². The Bertz CT molecular complexity index is 525. The molecule has 22 heavy (non-hydrogen) atoms. The van der Waals surface area contributed by atoms with Crippen LogP contribution < -0.4 is 10.6 Å². The number of hydrogen-bond acceptors (Lipinski definition) is 3. The van der Waals surface area contributed by atoms with Gasteiger partial charge in [0.25, 0.3) is 0 Å². The molecule has 1 aromatic carbocycles. The van der Waals surface area contributed by atoms with E-state index in [-0.39, 0.29) is 23.5 Å². The Hall–Kier alpha value is -1.95. The third-order valence-electron chi connectivity index (χ3n) is 4.10. The first-order chi connectivity index (χ1) is 10.5. The molecule has 0 aromatic heterocycles. The van der Waals surface area contributed by atoms with Gasteiger partial charge in [-0.15, -0.1) is 0 Å². The van der Waals surface area contributed by atoms with Crippen molar-refractivity contribution in [3.63, 3.8) is 0 Å². The lowest BCUT2D eigenvalue weighted by Gasteiger charge is -2.31. The number of anilines is 1. The predicted molar refractivity (Wildman–Crippen MR) is 82.8 cm³/mol. The largest absolute Gasteiger partial charge is 0.369 e. The van der Waals surface area contributed by atoms with Gasteiger partial charge < -0.3 is 10.6 Å². The van der Waals surface area contributed by atoms with E-state index in [4.69, 9.17) is 5.73 Å². The minimum Gasteiger partial charge on any atom is -0.369 e. The van der Waals surface area contributed by atoms with Crippen molar-refractivity contribution in [3.8, 4) is 0 Å². The molecular formula is C16H22FN3O2. The SMILES string of the molecule is CCN(C(=O)CN1CCC(C(N)=O)CC1)c1ccc(F)cc1. The number of carbonyl (C=O) groups is 2. The molecule has 1 heterocycles. The molecule has 0 unspecified atom stereocenters. The van der Waals surface area contributed by atoms with E-state index in [0.717, 1.165) is 0 Å². The summed E-state index contributed by atoms with van der Waals surface area (Å²) < 4.78 is 13.0. The fourth-order valence-corrected chi connectivity index (χ4v) is 2.78. The zero-order chi connectivity index (χ0) is 16.1. The molecule has 2 amide bonds. The number of rotatable bonds is 5. The molecule has 1 aliphatic rings. The molecule has 0 spiro atoms. The standard InChI is InChI=1S/C16H22FN3O2/c1-2-20(14-5-3-13(17)4-6-14)15(21)11-19-9-7-12(8-10-19)16(18)22/h3-6,12H,2,7-11H2,1H3,(H2,18,22). The van der Waals surface area contributed by atoms with Crippen LogP contribution >= 0.6 is 0 Å². The summed E-state index contributed by atoms with van der Waals surface area (Å²) in [5.41, 5.74) is 6.00. The van der Waals surface area contributed by atoms with Crippen molar-refractivity contribution < 1.29 is 14.0 Å². The number of benzene rings is 1. The number of halogens is 1. The minimum atomic E-state index is -0.319. The fourth-order valence-electron chi connectivity index (χ4n) is 2.78. The first kappa shape index (κ1) is 16.4. The molecule has 0 aliphatic carbocycles. The molecule has 1 aliphatic heterocycles. The van der Waals surface area contributed by atoms with Crippen LogP contribution in [-0.2, 0) is 9.59 Å². The second-order valence-electron chi connectivity index (χ2n) is 5.57. The molecule has 1 fully saturated rings. The maximum Gasteiger partial charge on any atom is 0.241 e. The van der Waals surface area contributed by atoms with Gasteiger partial charge in [-0.05, 0) is 57.1 Å². The Morgan fingerprint density at radius 1 is 1.27 bits per heavy atom. The second kappa shape index (κ2) is 7.35. The van der Waals surface area contributed by atoms with Gasteiger partial charge in [0.05, 0.1) is 6.54 Å². The van der Waals surface area contributed by atoms with E-state index in [9.17, 15) is 14.0 Å². The molecule has 120 valence electrons. The van der Waals surface area contributed by atoms with Crippen LogP contribution in [0.15, 0.2) is 24.3 Å². The summed E-state index contributed by atoms with van der Waals surface area (Å²) in [5.74, 6) is -0.675. The van der Waals surface area contributed by atoms with E-state index >= 15 is 0 Å². The number of likely N-dealkylation sites (N-methyl/N-ethyl adjacent to an activating group) is 1. The van der Waals surface area contributed by atoms with E-state index in [2.05, 4.69) is 0 Å². The van der Waals surface area contributed by atoms with Crippen LogP contribution in [0.25, 0.3) is 0 Å². The highest BCUT2D eigenvalue weighted by Crippen LogP contribution is 2.18. The summed E-state index contributed by atoms with van der Waals surface area (Å²) >= 11 is 0. The van der Waals surface area contributed by atoms with Crippen molar-refractivity contribution >= 4 is 17.5 Å². The highest BCUT2D eigenvalue weighted by molar-refractivity contribution is 5.94. The lowest BCUT2D eigenvalue weighted by Crippen LogP contribution is -2.45. The second-order valence-corrected chi connectivity index (χ2v) is 5.57. The third-order valence-corrected chi connectivity index (χ3v) is 4.10. The Morgan fingerprint density at radius 3 is 2.36 bits per heavy atom. The Labute approximate surface area is 129 Å². The van der Waals surface area contributed by atoms with Crippen molar-refractivity contribution in [1.29, 1.82) is 0 Å². The number of carbonyl (C=O) groups excluding carboxylic acids is 2. The summed E-state index contributed by atoms with van der Waals surface area (Å²) in [5, 5.41) is 0. The van der Waals surface area contributed by atoms with Crippen molar-refractivity contribution in [2.45, 2.75) is 19.8 Å². The molecule has 1 aromatic rings. The Kier molecular flexibility index (Phi) is 5.49.